The van der Waals surface area contributed by atoms with Gasteiger partial charge in [0.2, 0.25) is 0 Å². The fourth-order valence-electron chi connectivity index (χ4n) is 1.69. The second-order valence-corrected chi connectivity index (χ2v) is 4.00. The van der Waals surface area contributed by atoms with Gasteiger partial charge in [0.15, 0.2) is 11.7 Å². The molecule has 5 heteroatoms. The van der Waals surface area contributed by atoms with E-state index in [1.54, 1.807) is 19.6 Å². The van der Waals surface area contributed by atoms with E-state index in [9.17, 15) is 0 Å². The third-order valence-electron chi connectivity index (χ3n) is 2.68. The van der Waals surface area contributed by atoms with Crippen LogP contribution in [0.2, 0.25) is 0 Å². The van der Waals surface area contributed by atoms with Crippen molar-refractivity contribution in [1.29, 1.82) is 0 Å². The zero-order chi connectivity index (χ0) is 12.8. The van der Waals surface area contributed by atoms with Crippen LogP contribution in [-0.4, -0.2) is 31.8 Å². The molecular formula is C13H18N2O3. The summed E-state index contributed by atoms with van der Waals surface area (Å²) in [6, 6.07) is 1.89. The normalized spacial score (nSPS) is 11.0. The lowest BCUT2D eigenvalue weighted by Gasteiger charge is -2.01. The Labute approximate surface area is 106 Å². The third kappa shape index (κ3) is 3.21. The van der Waals surface area contributed by atoms with Crippen molar-refractivity contribution in [2.45, 2.75) is 13.3 Å². The molecule has 1 N–H and O–H groups in total. The molecule has 0 aromatic carbocycles. The zero-order valence-corrected chi connectivity index (χ0v) is 10.7. The van der Waals surface area contributed by atoms with Crippen molar-refractivity contribution in [1.82, 2.24) is 10.3 Å². The summed E-state index contributed by atoms with van der Waals surface area (Å²) in [6.07, 6.45) is 4.15. The van der Waals surface area contributed by atoms with Gasteiger partial charge in [-0.3, -0.25) is 0 Å². The van der Waals surface area contributed by atoms with Crippen LogP contribution in [0, 0.1) is 6.92 Å². The summed E-state index contributed by atoms with van der Waals surface area (Å²) < 4.78 is 15.9. The quantitative estimate of drug-likeness (QED) is 0.762. The van der Waals surface area contributed by atoms with Crippen molar-refractivity contribution in [2.75, 3.05) is 26.8 Å². The SMILES string of the molecule is COCCNCCc1ncc(-c2ccoc2C)o1. The van der Waals surface area contributed by atoms with E-state index in [0.717, 1.165) is 42.5 Å². The molecule has 0 fully saturated rings. The number of aromatic nitrogens is 1. The molecule has 2 heterocycles. The Kier molecular flexibility index (Phi) is 4.55. The minimum atomic E-state index is 0.713. The van der Waals surface area contributed by atoms with Crippen molar-refractivity contribution in [3.8, 4) is 11.3 Å². The van der Waals surface area contributed by atoms with Crippen LogP contribution < -0.4 is 5.32 Å². The first-order valence-corrected chi connectivity index (χ1v) is 6.00. The molecule has 2 aromatic rings. The highest BCUT2D eigenvalue weighted by molar-refractivity contribution is 5.58. The van der Waals surface area contributed by atoms with Gasteiger partial charge < -0.3 is 18.9 Å². The molecule has 0 atom stereocenters. The van der Waals surface area contributed by atoms with Crippen molar-refractivity contribution >= 4 is 0 Å². The molecule has 0 aliphatic rings. The smallest absolute Gasteiger partial charge is 0.196 e. The maximum absolute atomic E-state index is 5.67. The number of ether oxygens (including phenoxy) is 1. The fourth-order valence-corrected chi connectivity index (χ4v) is 1.69. The van der Waals surface area contributed by atoms with Crippen LogP contribution in [0.25, 0.3) is 11.3 Å². The Morgan fingerprint density at radius 3 is 3.00 bits per heavy atom. The number of nitrogens with zero attached hydrogens (tertiary/aromatic N) is 1. The summed E-state index contributed by atoms with van der Waals surface area (Å²) in [7, 11) is 1.69. The maximum atomic E-state index is 5.67. The van der Waals surface area contributed by atoms with E-state index in [4.69, 9.17) is 13.6 Å². The first kappa shape index (κ1) is 12.9. The highest BCUT2D eigenvalue weighted by Gasteiger charge is 2.10. The highest BCUT2D eigenvalue weighted by Crippen LogP contribution is 2.24. The van der Waals surface area contributed by atoms with Crippen LogP contribution >= 0.6 is 0 Å². The molecule has 0 aliphatic carbocycles. The third-order valence-corrected chi connectivity index (χ3v) is 2.68. The Bertz CT molecular complexity index is 476. The van der Waals surface area contributed by atoms with Gasteiger partial charge in [0, 0.05) is 26.6 Å². The van der Waals surface area contributed by atoms with Gasteiger partial charge in [0.25, 0.3) is 0 Å². The average molecular weight is 250 g/mol. The zero-order valence-electron chi connectivity index (χ0n) is 10.7. The Balaban J connectivity index is 1.85. The number of hydrogen-bond acceptors (Lipinski definition) is 5. The largest absolute Gasteiger partial charge is 0.469 e. The summed E-state index contributed by atoms with van der Waals surface area (Å²) >= 11 is 0. The van der Waals surface area contributed by atoms with Crippen molar-refractivity contribution < 1.29 is 13.6 Å². The molecule has 0 amide bonds. The fraction of sp³-hybridized carbons (Fsp3) is 0.462. The molecule has 0 saturated carbocycles. The van der Waals surface area contributed by atoms with Gasteiger partial charge in [-0.25, -0.2) is 4.98 Å². The molecule has 18 heavy (non-hydrogen) atoms. The van der Waals surface area contributed by atoms with E-state index < -0.39 is 0 Å². The average Bonchev–Trinajstić information content (AvgIpc) is 2.97. The van der Waals surface area contributed by atoms with Crippen molar-refractivity contribution in [2.24, 2.45) is 0 Å². The molecule has 0 aliphatic heterocycles. The monoisotopic (exact) mass is 250 g/mol. The Hall–Kier alpha value is -1.59. The van der Waals surface area contributed by atoms with E-state index in [1.807, 2.05) is 13.0 Å². The van der Waals surface area contributed by atoms with E-state index in [2.05, 4.69) is 10.3 Å². The summed E-state index contributed by atoms with van der Waals surface area (Å²) in [5.41, 5.74) is 0.959. The van der Waals surface area contributed by atoms with Gasteiger partial charge in [0.05, 0.1) is 24.6 Å². The van der Waals surface area contributed by atoms with Crippen LogP contribution in [0.5, 0.6) is 0 Å². The predicted octanol–water partition coefficient (Wildman–Crippen LogP) is 2.02. The van der Waals surface area contributed by atoms with Gasteiger partial charge >= 0.3 is 0 Å². The molecule has 2 aromatic heterocycles. The first-order chi connectivity index (χ1) is 8.81. The maximum Gasteiger partial charge on any atom is 0.196 e. The number of oxazole rings is 1. The van der Waals surface area contributed by atoms with Gasteiger partial charge in [-0.15, -0.1) is 0 Å². The van der Waals surface area contributed by atoms with E-state index in [-0.39, 0.29) is 0 Å². The minimum Gasteiger partial charge on any atom is -0.469 e. The van der Waals surface area contributed by atoms with Crippen molar-refractivity contribution in [3.63, 3.8) is 0 Å². The summed E-state index contributed by atoms with van der Waals surface area (Å²) in [6.45, 7) is 4.29. The standard InChI is InChI=1S/C13H18N2O3/c1-10-11(4-7-17-10)12-9-15-13(18-12)3-5-14-6-8-16-2/h4,7,9,14H,3,5-6,8H2,1-2H3. The van der Waals surface area contributed by atoms with E-state index >= 15 is 0 Å². The van der Waals surface area contributed by atoms with Crippen LogP contribution in [0.3, 0.4) is 0 Å². The van der Waals surface area contributed by atoms with Gasteiger partial charge in [-0.2, -0.15) is 0 Å². The highest BCUT2D eigenvalue weighted by atomic mass is 16.5. The van der Waals surface area contributed by atoms with Crippen LogP contribution in [0.4, 0.5) is 0 Å². The second-order valence-electron chi connectivity index (χ2n) is 4.00. The number of nitrogens with one attached hydrogen (secondary N) is 1. The molecule has 0 bridgehead atoms. The number of hydrogen-bond donors (Lipinski definition) is 1. The lowest BCUT2D eigenvalue weighted by atomic mass is 10.2. The molecular weight excluding hydrogens is 232 g/mol. The predicted molar refractivity (Wildman–Crippen MR) is 67.4 cm³/mol. The van der Waals surface area contributed by atoms with Gasteiger partial charge in [-0.1, -0.05) is 0 Å². The Morgan fingerprint density at radius 2 is 2.28 bits per heavy atom. The van der Waals surface area contributed by atoms with E-state index in [0.29, 0.717) is 6.61 Å². The molecule has 5 nitrogen and oxygen atoms in total. The number of aryl methyl sites for hydroxylation is 1. The Morgan fingerprint density at radius 1 is 1.39 bits per heavy atom. The molecule has 98 valence electrons. The summed E-state index contributed by atoms with van der Waals surface area (Å²) in [5.74, 6) is 2.33. The van der Waals surface area contributed by atoms with Crippen LogP contribution in [0.15, 0.2) is 27.4 Å². The van der Waals surface area contributed by atoms with Crippen LogP contribution in [-0.2, 0) is 11.2 Å². The molecule has 0 radical (unpaired) electrons. The molecule has 0 unspecified atom stereocenters. The lowest BCUT2D eigenvalue weighted by molar-refractivity contribution is 0.199. The van der Waals surface area contributed by atoms with Gasteiger partial charge in [0.1, 0.15) is 5.76 Å². The number of rotatable bonds is 7. The van der Waals surface area contributed by atoms with Crippen LogP contribution in [0.1, 0.15) is 11.7 Å². The summed E-state index contributed by atoms with van der Waals surface area (Å²) in [4.78, 5) is 4.25. The topological polar surface area (TPSA) is 60.4 Å². The first-order valence-electron chi connectivity index (χ1n) is 6.00. The minimum absolute atomic E-state index is 0.713. The van der Waals surface area contributed by atoms with E-state index in [1.165, 1.54) is 0 Å². The van der Waals surface area contributed by atoms with Crippen molar-refractivity contribution in [3.05, 3.63) is 30.2 Å². The second kappa shape index (κ2) is 6.37. The number of methoxy groups -OCH3 is 1. The molecule has 0 saturated heterocycles. The van der Waals surface area contributed by atoms with Gasteiger partial charge in [-0.05, 0) is 13.0 Å². The molecule has 0 spiro atoms. The number of furan rings is 1. The lowest BCUT2D eigenvalue weighted by Crippen LogP contribution is -2.21. The summed E-state index contributed by atoms with van der Waals surface area (Å²) in [5, 5.41) is 3.25. The molecule has 2 rings (SSSR count).